The van der Waals surface area contributed by atoms with Crippen molar-refractivity contribution in [3.8, 4) is 0 Å². The van der Waals surface area contributed by atoms with Crippen LogP contribution in [-0.4, -0.2) is 58.6 Å². The normalized spacial score (nSPS) is 32.9. The van der Waals surface area contributed by atoms with E-state index >= 15 is 0 Å². The lowest BCUT2D eigenvalue weighted by atomic mass is 10.1. The summed E-state index contributed by atoms with van der Waals surface area (Å²) in [6.07, 6.45) is 1.47. The fraction of sp³-hybridized carbons (Fsp3) is 0.600. The van der Waals surface area contributed by atoms with Gasteiger partial charge in [0.15, 0.2) is 0 Å². The summed E-state index contributed by atoms with van der Waals surface area (Å²) in [5.41, 5.74) is 0. The molecule has 3 aliphatic rings. The van der Waals surface area contributed by atoms with Crippen molar-refractivity contribution in [1.29, 1.82) is 0 Å². The number of aromatic nitrogens is 1. The minimum Gasteiger partial charge on any atom is -0.477 e. The Morgan fingerprint density at radius 3 is 2.69 bits per heavy atom. The predicted octanol–water partition coefficient (Wildman–Crippen LogP) is 0.514. The molecule has 4 heterocycles. The molecule has 0 radical (unpaired) electrons. The van der Waals surface area contributed by atoms with Crippen molar-refractivity contribution in [2.75, 3.05) is 32.7 Å². The van der Waals surface area contributed by atoms with Crippen LogP contribution in [0.4, 0.5) is 0 Å². The van der Waals surface area contributed by atoms with Crippen LogP contribution in [0.3, 0.4) is 0 Å². The summed E-state index contributed by atoms with van der Waals surface area (Å²) in [4.78, 5) is 20.2. The largest absolute Gasteiger partial charge is 0.477 e. The molecule has 0 spiro atoms. The summed E-state index contributed by atoms with van der Waals surface area (Å²) >= 11 is 1.31. The molecule has 16 heavy (non-hydrogen) atoms. The van der Waals surface area contributed by atoms with Crippen molar-refractivity contribution in [2.45, 2.75) is 6.04 Å². The Morgan fingerprint density at radius 1 is 1.44 bits per heavy atom. The molecule has 4 rings (SSSR count). The molecule has 1 aromatic heterocycles. The van der Waals surface area contributed by atoms with Crippen LogP contribution in [-0.2, 0) is 0 Å². The van der Waals surface area contributed by atoms with E-state index in [1.54, 1.807) is 0 Å². The number of fused-ring (bicyclic) bond motifs is 3. The molecule has 86 valence electrons. The molecule has 3 fully saturated rings. The smallest absolute Gasteiger partial charge is 0.347 e. The number of nitrogens with zero attached hydrogens (tertiary/aromatic N) is 3. The highest BCUT2D eigenvalue weighted by molar-refractivity contribution is 7.13. The van der Waals surface area contributed by atoms with Gasteiger partial charge in [0.1, 0.15) is 9.88 Å². The van der Waals surface area contributed by atoms with Crippen molar-refractivity contribution < 1.29 is 9.90 Å². The third-order valence-corrected chi connectivity index (χ3v) is 4.38. The lowest BCUT2D eigenvalue weighted by molar-refractivity contribution is 0.0122. The van der Waals surface area contributed by atoms with E-state index in [0.717, 1.165) is 37.7 Å². The number of thiazole rings is 1. The van der Waals surface area contributed by atoms with Gasteiger partial charge in [0.05, 0.1) is 12.2 Å². The summed E-state index contributed by atoms with van der Waals surface area (Å²) in [5, 5.41) is 9.82. The van der Waals surface area contributed by atoms with E-state index < -0.39 is 5.97 Å². The van der Waals surface area contributed by atoms with Gasteiger partial charge in [-0.2, -0.15) is 0 Å². The SMILES string of the molecule is O=C(O)c1cnc(C2CN3CCN2CC3)s1. The van der Waals surface area contributed by atoms with Gasteiger partial charge in [-0.25, -0.2) is 9.78 Å². The molecular weight excluding hydrogens is 226 g/mol. The van der Waals surface area contributed by atoms with Gasteiger partial charge in [-0.05, 0) is 0 Å². The first-order chi connectivity index (χ1) is 7.74. The standard InChI is InChI=1S/C10H13N3O2S/c14-10(15)8-5-11-9(16-8)7-6-12-1-3-13(7)4-2-12/h5,7H,1-4,6H2,(H,14,15). The highest BCUT2D eigenvalue weighted by Crippen LogP contribution is 2.31. The number of rotatable bonds is 2. The number of hydrogen-bond acceptors (Lipinski definition) is 5. The third kappa shape index (κ3) is 1.63. The van der Waals surface area contributed by atoms with Crippen LogP contribution in [0.25, 0.3) is 0 Å². The lowest BCUT2D eigenvalue weighted by Crippen LogP contribution is -2.56. The molecule has 1 unspecified atom stereocenters. The Hall–Kier alpha value is -0.980. The molecule has 1 N–H and O–H groups in total. The number of hydrogen-bond donors (Lipinski definition) is 1. The highest BCUT2D eigenvalue weighted by atomic mass is 32.1. The van der Waals surface area contributed by atoms with E-state index in [4.69, 9.17) is 5.11 Å². The molecule has 6 heteroatoms. The molecule has 3 aliphatic heterocycles. The average molecular weight is 239 g/mol. The van der Waals surface area contributed by atoms with Crippen LogP contribution in [0, 0.1) is 0 Å². The zero-order valence-corrected chi connectivity index (χ0v) is 9.61. The molecule has 0 saturated carbocycles. The second-order valence-electron chi connectivity index (χ2n) is 4.22. The average Bonchev–Trinajstić information content (AvgIpc) is 2.80. The maximum absolute atomic E-state index is 10.8. The highest BCUT2D eigenvalue weighted by Gasteiger charge is 2.34. The Labute approximate surface area is 97.3 Å². The maximum atomic E-state index is 10.8. The number of carboxylic acids is 1. The van der Waals surface area contributed by atoms with E-state index in [1.165, 1.54) is 17.5 Å². The van der Waals surface area contributed by atoms with E-state index in [1.807, 2.05) is 0 Å². The van der Waals surface area contributed by atoms with Gasteiger partial charge >= 0.3 is 5.97 Å². The Bertz CT molecular complexity index is 412. The Balaban J connectivity index is 1.83. The minimum absolute atomic E-state index is 0.306. The fourth-order valence-corrected chi connectivity index (χ4v) is 3.28. The Morgan fingerprint density at radius 2 is 2.19 bits per heavy atom. The summed E-state index contributed by atoms with van der Waals surface area (Å²) < 4.78 is 0. The zero-order valence-electron chi connectivity index (χ0n) is 8.80. The maximum Gasteiger partial charge on any atom is 0.347 e. The topological polar surface area (TPSA) is 56.7 Å². The third-order valence-electron chi connectivity index (χ3n) is 3.30. The zero-order chi connectivity index (χ0) is 11.1. The van der Waals surface area contributed by atoms with Gasteiger partial charge in [0, 0.05) is 32.7 Å². The first kappa shape index (κ1) is 10.2. The minimum atomic E-state index is -0.875. The van der Waals surface area contributed by atoms with Crippen molar-refractivity contribution in [3.05, 3.63) is 16.1 Å². The molecule has 1 atom stereocenters. The van der Waals surface area contributed by atoms with E-state index in [9.17, 15) is 4.79 Å². The first-order valence-electron chi connectivity index (χ1n) is 5.39. The number of aromatic carboxylic acids is 1. The summed E-state index contributed by atoms with van der Waals surface area (Å²) in [7, 11) is 0. The number of piperazine rings is 3. The molecule has 3 saturated heterocycles. The van der Waals surface area contributed by atoms with Crippen molar-refractivity contribution >= 4 is 17.3 Å². The fourth-order valence-electron chi connectivity index (χ4n) is 2.39. The second-order valence-corrected chi connectivity index (χ2v) is 5.28. The van der Waals surface area contributed by atoms with Gasteiger partial charge in [0.25, 0.3) is 0 Å². The summed E-state index contributed by atoms with van der Waals surface area (Å²) in [6, 6.07) is 0.306. The molecule has 5 nitrogen and oxygen atoms in total. The van der Waals surface area contributed by atoms with Crippen molar-refractivity contribution in [3.63, 3.8) is 0 Å². The van der Waals surface area contributed by atoms with Crippen LogP contribution in [0.1, 0.15) is 20.7 Å². The molecular formula is C10H13N3O2S. The molecule has 0 aliphatic carbocycles. The molecule has 0 aromatic carbocycles. The van der Waals surface area contributed by atoms with E-state index in [2.05, 4.69) is 14.8 Å². The van der Waals surface area contributed by atoms with Crippen LogP contribution >= 0.6 is 11.3 Å². The number of carbonyl (C=O) groups is 1. The van der Waals surface area contributed by atoms with Gasteiger partial charge in [-0.15, -0.1) is 11.3 Å². The van der Waals surface area contributed by atoms with Crippen LogP contribution in [0.15, 0.2) is 6.20 Å². The van der Waals surface area contributed by atoms with E-state index in [0.29, 0.717) is 10.9 Å². The van der Waals surface area contributed by atoms with Gasteiger partial charge in [0.2, 0.25) is 0 Å². The summed E-state index contributed by atoms with van der Waals surface area (Å²) in [5.74, 6) is -0.875. The van der Waals surface area contributed by atoms with Gasteiger partial charge in [-0.1, -0.05) is 0 Å². The van der Waals surface area contributed by atoms with Gasteiger partial charge in [-0.3, -0.25) is 9.80 Å². The van der Waals surface area contributed by atoms with Crippen molar-refractivity contribution in [1.82, 2.24) is 14.8 Å². The molecule has 1 aromatic rings. The first-order valence-corrected chi connectivity index (χ1v) is 6.21. The Kier molecular flexibility index (Phi) is 2.42. The quantitative estimate of drug-likeness (QED) is 0.815. The van der Waals surface area contributed by atoms with Crippen LogP contribution in [0.5, 0.6) is 0 Å². The predicted molar refractivity (Wildman–Crippen MR) is 59.8 cm³/mol. The van der Waals surface area contributed by atoms with E-state index in [-0.39, 0.29) is 0 Å². The molecule has 2 bridgehead atoms. The van der Waals surface area contributed by atoms with Crippen LogP contribution < -0.4 is 0 Å². The lowest BCUT2D eigenvalue weighted by Gasteiger charge is -2.46. The van der Waals surface area contributed by atoms with Gasteiger partial charge < -0.3 is 5.11 Å². The number of carboxylic acid groups (broad SMARTS) is 1. The van der Waals surface area contributed by atoms with Crippen molar-refractivity contribution in [2.24, 2.45) is 0 Å². The molecule has 0 amide bonds. The van der Waals surface area contributed by atoms with Crippen LogP contribution in [0.2, 0.25) is 0 Å². The second kappa shape index (κ2) is 3.80. The monoisotopic (exact) mass is 239 g/mol. The summed E-state index contributed by atoms with van der Waals surface area (Å²) in [6.45, 7) is 5.41.